The van der Waals surface area contributed by atoms with Crippen LogP contribution in [0.4, 0.5) is 4.39 Å². The van der Waals surface area contributed by atoms with Gasteiger partial charge in [-0.2, -0.15) is 0 Å². The normalized spacial score (nSPS) is 11.1. The second-order valence-electron chi connectivity index (χ2n) is 3.23. The van der Waals surface area contributed by atoms with Crippen LogP contribution in [0.15, 0.2) is 21.5 Å². The molecule has 0 unspecified atom stereocenters. The monoisotopic (exact) mass is 273 g/mol. The maximum Gasteiger partial charge on any atom is 0.350 e. The summed E-state index contributed by atoms with van der Waals surface area (Å²) in [6.45, 7) is 1.31. The van der Waals surface area contributed by atoms with Crippen molar-refractivity contribution in [3.05, 3.63) is 32.8 Å². The molecule has 80 valence electrons. The first-order chi connectivity index (χ1) is 7.13. The van der Waals surface area contributed by atoms with Crippen LogP contribution in [0.3, 0.4) is 0 Å². The molecule has 2 heterocycles. The van der Waals surface area contributed by atoms with E-state index in [1.807, 2.05) is 6.92 Å². The van der Waals surface area contributed by atoms with Gasteiger partial charge in [0.1, 0.15) is 6.67 Å². The number of aryl methyl sites for hydroxylation is 2. The number of halogens is 2. The van der Waals surface area contributed by atoms with E-state index in [1.165, 1.54) is 4.40 Å². The smallest absolute Gasteiger partial charge is 0.249 e. The molecule has 0 spiro atoms. The molecule has 0 aliphatic rings. The van der Waals surface area contributed by atoms with Crippen LogP contribution in [-0.2, 0) is 6.54 Å². The van der Waals surface area contributed by atoms with Gasteiger partial charge in [0.25, 0.3) is 0 Å². The lowest BCUT2D eigenvalue weighted by molar-refractivity contribution is 0.421. The molecule has 0 atom stereocenters. The molecule has 0 aromatic carbocycles. The molecule has 0 amide bonds. The standard InChI is InChI=1S/C9H9BrFN3O/c1-6-4-8-12-14(3-2-11)9(15)13(8)5-7(6)10/h4-5H,2-3H2,1H3. The van der Waals surface area contributed by atoms with Crippen LogP contribution in [0.2, 0.25) is 0 Å². The second-order valence-corrected chi connectivity index (χ2v) is 4.08. The Hall–Kier alpha value is -1.17. The van der Waals surface area contributed by atoms with E-state index in [9.17, 15) is 9.18 Å². The molecular weight excluding hydrogens is 265 g/mol. The summed E-state index contributed by atoms with van der Waals surface area (Å²) in [5, 5.41) is 4.01. The van der Waals surface area contributed by atoms with Crippen LogP contribution >= 0.6 is 15.9 Å². The van der Waals surface area contributed by atoms with E-state index in [2.05, 4.69) is 21.0 Å². The highest BCUT2D eigenvalue weighted by atomic mass is 79.9. The molecule has 0 saturated carbocycles. The first-order valence-electron chi connectivity index (χ1n) is 4.45. The molecule has 0 aliphatic carbocycles. The van der Waals surface area contributed by atoms with Crippen molar-refractivity contribution in [3.8, 4) is 0 Å². The molecule has 0 radical (unpaired) electrons. The van der Waals surface area contributed by atoms with Gasteiger partial charge >= 0.3 is 5.69 Å². The number of aromatic nitrogens is 3. The number of hydrogen-bond donors (Lipinski definition) is 0. The minimum atomic E-state index is -0.593. The maximum atomic E-state index is 12.1. The van der Waals surface area contributed by atoms with Crippen molar-refractivity contribution in [2.45, 2.75) is 13.5 Å². The lowest BCUT2D eigenvalue weighted by Crippen LogP contribution is -2.21. The van der Waals surface area contributed by atoms with Crippen molar-refractivity contribution in [3.63, 3.8) is 0 Å². The van der Waals surface area contributed by atoms with Crippen molar-refractivity contribution in [2.24, 2.45) is 0 Å². The Kier molecular flexibility index (Phi) is 2.60. The zero-order valence-electron chi connectivity index (χ0n) is 8.07. The molecule has 0 bridgehead atoms. The van der Waals surface area contributed by atoms with E-state index in [0.717, 1.165) is 14.7 Å². The highest BCUT2D eigenvalue weighted by Gasteiger charge is 2.07. The third-order valence-electron chi connectivity index (χ3n) is 2.16. The van der Waals surface area contributed by atoms with Crippen molar-refractivity contribution in [2.75, 3.05) is 6.67 Å². The Balaban J connectivity index is 2.72. The highest BCUT2D eigenvalue weighted by Crippen LogP contribution is 2.15. The Morgan fingerprint density at radius 2 is 2.33 bits per heavy atom. The van der Waals surface area contributed by atoms with Crippen molar-refractivity contribution in [1.29, 1.82) is 0 Å². The van der Waals surface area contributed by atoms with Crippen LogP contribution in [0.25, 0.3) is 5.65 Å². The predicted molar refractivity (Wildman–Crippen MR) is 57.9 cm³/mol. The quantitative estimate of drug-likeness (QED) is 0.833. The van der Waals surface area contributed by atoms with E-state index in [-0.39, 0.29) is 12.2 Å². The number of hydrogen-bond acceptors (Lipinski definition) is 2. The zero-order valence-corrected chi connectivity index (χ0v) is 9.66. The molecule has 2 rings (SSSR count). The van der Waals surface area contributed by atoms with Crippen molar-refractivity contribution in [1.82, 2.24) is 14.2 Å². The molecular formula is C9H9BrFN3O. The summed E-state index contributed by atoms with van der Waals surface area (Å²) < 4.78 is 15.5. The summed E-state index contributed by atoms with van der Waals surface area (Å²) in [5.74, 6) is 0. The van der Waals surface area contributed by atoms with Gasteiger partial charge in [0.05, 0.1) is 6.54 Å². The van der Waals surface area contributed by atoms with Crippen LogP contribution in [0, 0.1) is 6.92 Å². The van der Waals surface area contributed by atoms with E-state index < -0.39 is 6.67 Å². The number of nitrogens with zero attached hydrogens (tertiary/aromatic N) is 3. The minimum absolute atomic E-state index is 0.00280. The topological polar surface area (TPSA) is 39.3 Å². The molecule has 2 aromatic rings. The Labute approximate surface area is 93.5 Å². The lowest BCUT2D eigenvalue weighted by Gasteiger charge is -1.96. The fourth-order valence-electron chi connectivity index (χ4n) is 1.36. The van der Waals surface area contributed by atoms with Crippen LogP contribution in [0.1, 0.15) is 5.56 Å². The molecule has 0 N–H and O–H groups in total. The molecule has 0 saturated heterocycles. The van der Waals surface area contributed by atoms with Gasteiger partial charge in [0.15, 0.2) is 5.65 Å². The Morgan fingerprint density at radius 1 is 1.60 bits per heavy atom. The van der Waals surface area contributed by atoms with Crippen molar-refractivity contribution < 1.29 is 4.39 Å². The zero-order chi connectivity index (χ0) is 11.0. The molecule has 0 aliphatic heterocycles. The number of pyridine rings is 1. The average molecular weight is 274 g/mol. The molecule has 6 heteroatoms. The van der Waals surface area contributed by atoms with Gasteiger partial charge in [0, 0.05) is 10.7 Å². The van der Waals surface area contributed by atoms with Crippen molar-refractivity contribution >= 4 is 21.6 Å². The first kappa shape index (κ1) is 10.4. The van der Waals surface area contributed by atoms with Crippen LogP contribution in [0.5, 0.6) is 0 Å². The van der Waals surface area contributed by atoms with Crippen LogP contribution in [-0.4, -0.2) is 20.9 Å². The van der Waals surface area contributed by atoms with Gasteiger partial charge < -0.3 is 0 Å². The minimum Gasteiger partial charge on any atom is -0.249 e. The van der Waals surface area contributed by atoms with E-state index in [1.54, 1.807) is 12.3 Å². The predicted octanol–water partition coefficient (Wildman–Crippen LogP) is 1.54. The van der Waals surface area contributed by atoms with Crippen LogP contribution < -0.4 is 5.69 Å². The maximum absolute atomic E-state index is 12.1. The fraction of sp³-hybridized carbons (Fsp3) is 0.333. The van der Waals surface area contributed by atoms with E-state index in [4.69, 9.17) is 0 Å². The lowest BCUT2D eigenvalue weighted by atomic mass is 10.3. The number of fused-ring (bicyclic) bond motifs is 1. The van der Waals surface area contributed by atoms with Gasteiger partial charge in [-0.25, -0.2) is 18.3 Å². The highest BCUT2D eigenvalue weighted by molar-refractivity contribution is 9.10. The fourth-order valence-corrected chi connectivity index (χ4v) is 1.68. The Bertz CT molecular complexity index is 560. The Morgan fingerprint density at radius 3 is 3.00 bits per heavy atom. The number of alkyl halides is 1. The summed E-state index contributed by atoms with van der Waals surface area (Å²) in [5.41, 5.74) is 1.21. The van der Waals surface area contributed by atoms with E-state index >= 15 is 0 Å². The molecule has 2 aromatic heterocycles. The summed E-state index contributed by atoms with van der Waals surface area (Å²) in [6.07, 6.45) is 1.65. The third kappa shape index (κ3) is 1.69. The second kappa shape index (κ2) is 3.77. The van der Waals surface area contributed by atoms with Gasteiger partial charge in [-0.3, -0.25) is 0 Å². The van der Waals surface area contributed by atoms with Gasteiger partial charge in [-0.15, -0.1) is 5.10 Å². The molecule has 0 fully saturated rings. The summed E-state index contributed by atoms with van der Waals surface area (Å²) in [7, 11) is 0. The summed E-state index contributed by atoms with van der Waals surface area (Å²) in [4.78, 5) is 11.7. The summed E-state index contributed by atoms with van der Waals surface area (Å²) >= 11 is 3.33. The first-order valence-corrected chi connectivity index (χ1v) is 5.24. The van der Waals surface area contributed by atoms with Gasteiger partial charge in [-0.05, 0) is 34.5 Å². The largest absolute Gasteiger partial charge is 0.350 e. The SMILES string of the molecule is Cc1cc2nn(CCF)c(=O)n2cc1Br. The average Bonchev–Trinajstić information content (AvgIpc) is 2.47. The van der Waals surface area contributed by atoms with Gasteiger partial charge in [0.2, 0.25) is 0 Å². The van der Waals surface area contributed by atoms with Gasteiger partial charge in [-0.1, -0.05) is 0 Å². The third-order valence-corrected chi connectivity index (χ3v) is 2.99. The molecule has 4 nitrogen and oxygen atoms in total. The molecule has 15 heavy (non-hydrogen) atoms. The summed E-state index contributed by atoms with van der Waals surface area (Å²) in [6, 6.07) is 1.78. The van der Waals surface area contributed by atoms with E-state index in [0.29, 0.717) is 5.65 Å². The number of rotatable bonds is 2.